The Morgan fingerprint density at radius 1 is 1.30 bits per heavy atom. The normalized spacial score (nSPS) is 18.7. The Balaban J connectivity index is 1.53. The third kappa shape index (κ3) is 4.39. The fourth-order valence-electron chi connectivity index (χ4n) is 2.98. The van der Waals surface area contributed by atoms with Crippen molar-refractivity contribution in [1.82, 2.24) is 19.7 Å². The number of carbonyl (C=O) groups excluding carboxylic acids is 1. The first kappa shape index (κ1) is 15.7. The Labute approximate surface area is 136 Å². The van der Waals surface area contributed by atoms with E-state index in [1.165, 1.54) is 48.7 Å². The summed E-state index contributed by atoms with van der Waals surface area (Å²) in [6, 6.07) is 8.76. The molecule has 0 radical (unpaired) electrons. The van der Waals surface area contributed by atoms with E-state index in [0.717, 1.165) is 12.2 Å². The Bertz CT molecular complexity index is 623. The zero-order valence-corrected chi connectivity index (χ0v) is 13.5. The van der Waals surface area contributed by atoms with Crippen LogP contribution in [0, 0.1) is 0 Å². The lowest BCUT2D eigenvalue weighted by Crippen LogP contribution is -2.36. The van der Waals surface area contributed by atoms with Crippen molar-refractivity contribution < 1.29 is 4.79 Å². The molecule has 1 atom stereocenters. The van der Waals surface area contributed by atoms with Crippen LogP contribution in [0.1, 0.15) is 31.7 Å². The van der Waals surface area contributed by atoms with Crippen molar-refractivity contribution >= 4 is 11.6 Å². The molecule has 122 valence electrons. The van der Waals surface area contributed by atoms with Crippen molar-refractivity contribution in [3.8, 4) is 0 Å². The highest BCUT2D eigenvalue weighted by Gasteiger charge is 2.17. The van der Waals surface area contributed by atoms with Gasteiger partial charge in [-0.1, -0.05) is 18.6 Å². The molecule has 0 unspecified atom stereocenters. The van der Waals surface area contributed by atoms with Crippen LogP contribution in [-0.2, 0) is 17.9 Å². The SMILES string of the molecule is C[C@@H]1CCCCN1Cc1ccc(NC(=O)Cn2cncn2)cc1. The van der Waals surface area contributed by atoms with Crippen molar-refractivity contribution in [2.75, 3.05) is 11.9 Å². The van der Waals surface area contributed by atoms with Gasteiger partial charge in [-0.25, -0.2) is 9.67 Å². The van der Waals surface area contributed by atoms with Gasteiger partial charge in [0.2, 0.25) is 5.91 Å². The van der Waals surface area contributed by atoms with Gasteiger partial charge < -0.3 is 5.32 Å². The second kappa shape index (κ2) is 7.37. The van der Waals surface area contributed by atoms with Crippen LogP contribution < -0.4 is 5.32 Å². The van der Waals surface area contributed by atoms with Crippen molar-refractivity contribution in [2.45, 2.75) is 45.3 Å². The topological polar surface area (TPSA) is 63.1 Å². The minimum atomic E-state index is -0.104. The Morgan fingerprint density at radius 3 is 2.83 bits per heavy atom. The number of nitrogens with zero attached hydrogens (tertiary/aromatic N) is 4. The number of anilines is 1. The van der Waals surface area contributed by atoms with Crippen LogP contribution in [0.15, 0.2) is 36.9 Å². The third-order valence-electron chi connectivity index (χ3n) is 4.34. The van der Waals surface area contributed by atoms with Crippen LogP contribution in [0.2, 0.25) is 0 Å². The maximum atomic E-state index is 11.9. The summed E-state index contributed by atoms with van der Waals surface area (Å²) < 4.78 is 1.50. The summed E-state index contributed by atoms with van der Waals surface area (Å²) in [5.41, 5.74) is 2.10. The number of likely N-dealkylation sites (tertiary alicyclic amines) is 1. The molecule has 1 aliphatic rings. The number of piperidine rings is 1. The summed E-state index contributed by atoms with van der Waals surface area (Å²) >= 11 is 0. The third-order valence-corrected chi connectivity index (χ3v) is 4.34. The molecule has 23 heavy (non-hydrogen) atoms. The molecular weight excluding hydrogens is 290 g/mol. The van der Waals surface area contributed by atoms with Gasteiger partial charge in [0.05, 0.1) is 0 Å². The summed E-state index contributed by atoms with van der Waals surface area (Å²) in [4.78, 5) is 18.3. The molecule has 1 amide bonds. The van der Waals surface area contributed by atoms with Gasteiger partial charge in [-0.05, 0) is 44.0 Å². The average molecular weight is 313 g/mol. The van der Waals surface area contributed by atoms with Gasteiger partial charge >= 0.3 is 0 Å². The van der Waals surface area contributed by atoms with Crippen LogP contribution in [0.25, 0.3) is 0 Å². The standard InChI is InChI=1S/C17H23N5O/c1-14-4-2-3-9-21(14)10-15-5-7-16(8-6-15)20-17(23)11-22-13-18-12-19-22/h5-8,12-14H,2-4,9-11H2,1H3,(H,20,23)/t14-/m1/s1. The van der Waals surface area contributed by atoms with Crippen molar-refractivity contribution in [3.05, 3.63) is 42.5 Å². The van der Waals surface area contributed by atoms with Gasteiger partial charge in [0.1, 0.15) is 19.2 Å². The molecule has 6 nitrogen and oxygen atoms in total. The van der Waals surface area contributed by atoms with Crippen LogP contribution >= 0.6 is 0 Å². The highest BCUT2D eigenvalue weighted by Crippen LogP contribution is 2.20. The summed E-state index contributed by atoms with van der Waals surface area (Å²) in [7, 11) is 0. The monoisotopic (exact) mass is 313 g/mol. The molecule has 1 aromatic heterocycles. The van der Waals surface area contributed by atoms with Gasteiger partial charge in [-0.2, -0.15) is 5.10 Å². The largest absolute Gasteiger partial charge is 0.324 e. The molecule has 2 heterocycles. The second-order valence-electron chi connectivity index (χ2n) is 6.15. The smallest absolute Gasteiger partial charge is 0.246 e. The summed E-state index contributed by atoms with van der Waals surface area (Å²) in [5.74, 6) is -0.104. The van der Waals surface area contributed by atoms with Crippen molar-refractivity contribution in [1.29, 1.82) is 0 Å². The first-order chi connectivity index (χ1) is 11.2. The van der Waals surface area contributed by atoms with E-state index in [1.807, 2.05) is 12.1 Å². The zero-order chi connectivity index (χ0) is 16.1. The van der Waals surface area contributed by atoms with E-state index in [9.17, 15) is 4.79 Å². The van der Waals surface area contributed by atoms with E-state index in [2.05, 4.69) is 39.4 Å². The Hall–Kier alpha value is -2.21. The maximum Gasteiger partial charge on any atom is 0.246 e. The highest BCUT2D eigenvalue weighted by atomic mass is 16.2. The number of benzene rings is 1. The predicted octanol–water partition coefficient (Wildman–Crippen LogP) is 2.29. The van der Waals surface area contributed by atoms with Crippen LogP contribution in [0.5, 0.6) is 0 Å². The lowest BCUT2D eigenvalue weighted by molar-refractivity contribution is -0.116. The second-order valence-corrected chi connectivity index (χ2v) is 6.15. The molecule has 0 bridgehead atoms. The fourth-order valence-corrected chi connectivity index (χ4v) is 2.98. The molecule has 1 N–H and O–H groups in total. The molecule has 1 aliphatic heterocycles. The maximum absolute atomic E-state index is 11.9. The van der Waals surface area contributed by atoms with E-state index in [4.69, 9.17) is 0 Å². The van der Waals surface area contributed by atoms with E-state index in [1.54, 1.807) is 0 Å². The van der Waals surface area contributed by atoms with E-state index >= 15 is 0 Å². The zero-order valence-electron chi connectivity index (χ0n) is 13.5. The van der Waals surface area contributed by atoms with Crippen LogP contribution in [0.4, 0.5) is 5.69 Å². The molecule has 0 aliphatic carbocycles. The highest BCUT2D eigenvalue weighted by molar-refractivity contribution is 5.90. The minimum Gasteiger partial charge on any atom is -0.324 e. The number of amides is 1. The van der Waals surface area contributed by atoms with E-state index in [-0.39, 0.29) is 12.5 Å². The summed E-state index contributed by atoms with van der Waals surface area (Å²) in [6.07, 6.45) is 6.87. The Kier molecular flexibility index (Phi) is 5.02. The molecule has 1 fully saturated rings. The first-order valence-electron chi connectivity index (χ1n) is 8.16. The number of carbonyl (C=O) groups is 1. The van der Waals surface area contributed by atoms with Gasteiger partial charge in [-0.15, -0.1) is 0 Å². The minimum absolute atomic E-state index is 0.104. The van der Waals surface area contributed by atoms with Gasteiger partial charge in [0.25, 0.3) is 0 Å². The predicted molar refractivity (Wildman–Crippen MR) is 88.8 cm³/mol. The van der Waals surface area contributed by atoms with Gasteiger partial charge in [0, 0.05) is 18.3 Å². The molecule has 2 aromatic rings. The van der Waals surface area contributed by atoms with Gasteiger partial charge in [-0.3, -0.25) is 9.69 Å². The number of nitrogens with one attached hydrogen (secondary N) is 1. The van der Waals surface area contributed by atoms with Gasteiger partial charge in [0.15, 0.2) is 0 Å². The molecule has 3 rings (SSSR count). The van der Waals surface area contributed by atoms with Crippen LogP contribution in [-0.4, -0.2) is 38.2 Å². The average Bonchev–Trinajstić information content (AvgIpc) is 3.04. The van der Waals surface area contributed by atoms with E-state index in [0.29, 0.717) is 6.04 Å². The molecule has 0 spiro atoms. The number of hydrogen-bond donors (Lipinski definition) is 1. The molecule has 1 saturated heterocycles. The quantitative estimate of drug-likeness (QED) is 0.920. The molecule has 1 aromatic carbocycles. The molecule has 0 saturated carbocycles. The van der Waals surface area contributed by atoms with Crippen LogP contribution in [0.3, 0.4) is 0 Å². The van der Waals surface area contributed by atoms with Crippen molar-refractivity contribution in [3.63, 3.8) is 0 Å². The molecule has 6 heteroatoms. The number of rotatable bonds is 5. The lowest BCUT2D eigenvalue weighted by atomic mass is 10.0. The summed E-state index contributed by atoms with van der Waals surface area (Å²) in [6.45, 7) is 4.64. The van der Waals surface area contributed by atoms with E-state index < -0.39 is 0 Å². The number of aromatic nitrogens is 3. The summed E-state index contributed by atoms with van der Waals surface area (Å²) in [5, 5.41) is 6.80. The van der Waals surface area contributed by atoms with Crippen molar-refractivity contribution in [2.24, 2.45) is 0 Å². The lowest BCUT2D eigenvalue weighted by Gasteiger charge is -2.33. The number of hydrogen-bond acceptors (Lipinski definition) is 4. The first-order valence-corrected chi connectivity index (χ1v) is 8.16. The Morgan fingerprint density at radius 2 is 2.13 bits per heavy atom. The fraction of sp³-hybridized carbons (Fsp3) is 0.471. The molecular formula is C17H23N5O.